The number of alkyl halides is 1. The summed E-state index contributed by atoms with van der Waals surface area (Å²) < 4.78 is 10.4. The molecule has 0 aliphatic carbocycles. The molecule has 2 rings (SSSR count). The van der Waals surface area contributed by atoms with Crippen molar-refractivity contribution in [3.63, 3.8) is 0 Å². The molecule has 88 valence electrons. The number of methoxy groups -OCH3 is 1. The molecule has 0 spiro atoms. The first-order valence-corrected chi connectivity index (χ1v) is 6.09. The van der Waals surface area contributed by atoms with Crippen LogP contribution in [0.4, 0.5) is 0 Å². The van der Waals surface area contributed by atoms with Crippen LogP contribution < -0.4 is 4.74 Å². The van der Waals surface area contributed by atoms with E-state index in [1.807, 2.05) is 12.1 Å². The average molecular weight is 261 g/mol. The molecule has 0 saturated carbocycles. The molecule has 1 aliphatic heterocycles. The Morgan fingerprint density at radius 1 is 1.50 bits per heavy atom. The highest BCUT2D eigenvalue weighted by Crippen LogP contribution is 2.38. The molecule has 1 saturated heterocycles. The summed E-state index contributed by atoms with van der Waals surface area (Å²) in [5.41, 5.74) is 0.958. The van der Waals surface area contributed by atoms with Crippen LogP contribution >= 0.6 is 23.2 Å². The minimum atomic E-state index is -0.0825. The second kappa shape index (κ2) is 5.26. The maximum atomic E-state index is 6.41. The number of rotatable bonds is 3. The van der Waals surface area contributed by atoms with E-state index < -0.39 is 0 Å². The summed E-state index contributed by atoms with van der Waals surface area (Å²) in [6.07, 6.45) is 0.997. The Labute approximate surface area is 105 Å². The van der Waals surface area contributed by atoms with Gasteiger partial charge in [-0.15, -0.1) is 11.6 Å². The van der Waals surface area contributed by atoms with Crippen LogP contribution in [0, 0.1) is 5.92 Å². The van der Waals surface area contributed by atoms with Crippen molar-refractivity contribution in [1.82, 2.24) is 0 Å². The zero-order valence-electron chi connectivity index (χ0n) is 9.08. The molecule has 0 bridgehead atoms. The molecule has 0 amide bonds. The minimum absolute atomic E-state index is 0.0825. The molecule has 4 heteroatoms. The zero-order valence-corrected chi connectivity index (χ0v) is 10.6. The van der Waals surface area contributed by atoms with E-state index in [1.165, 1.54) is 0 Å². The first-order valence-electron chi connectivity index (χ1n) is 5.27. The van der Waals surface area contributed by atoms with Gasteiger partial charge in [0.25, 0.3) is 0 Å². The summed E-state index contributed by atoms with van der Waals surface area (Å²) >= 11 is 12.6. The highest BCUT2D eigenvalue weighted by Gasteiger charge is 2.26. The van der Waals surface area contributed by atoms with Crippen molar-refractivity contribution in [2.75, 3.05) is 20.3 Å². The summed E-state index contributed by atoms with van der Waals surface area (Å²) in [4.78, 5) is 0. The quantitative estimate of drug-likeness (QED) is 0.773. The monoisotopic (exact) mass is 260 g/mol. The molecule has 1 heterocycles. The molecular formula is C12H14Cl2O2. The Kier molecular flexibility index (Phi) is 3.95. The largest absolute Gasteiger partial charge is 0.497 e. The molecule has 1 aromatic carbocycles. The van der Waals surface area contributed by atoms with E-state index in [2.05, 4.69) is 0 Å². The first kappa shape index (κ1) is 12.0. The molecule has 0 aromatic heterocycles. The van der Waals surface area contributed by atoms with Crippen LogP contribution in [0.5, 0.6) is 5.75 Å². The van der Waals surface area contributed by atoms with E-state index in [0.717, 1.165) is 30.9 Å². The summed E-state index contributed by atoms with van der Waals surface area (Å²) in [6.45, 7) is 1.51. The lowest BCUT2D eigenvalue weighted by atomic mass is 9.98. The van der Waals surface area contributed by atoms with E-state index in [1.54, 1.807) is 13.2 Å². The highest BCUT2D eigenvalue weighted by atomic mass is 35.5. The third-order valence-corrected chi connectivity index (χ3v) is 3.80. The summed E-state index contributed by atoms with van der Waals surface area (Å²) in [5, 5.41) is 0.576. The molecule has 0 radical (unpaired) electrons. The molecule has 1 aromatic rings. The lowest BCUT2D eigenvalue weighted by Gasteiger charge is -2.17. The van der Waals surface area contributed by atoms with Crippen LogP contribution in [0.15, 0.2) is 18.2 Å². The van der Waals surface area contributed by atoms with Crippen molar-refractivity contribution in [2.24, 2.45) is 5.92 Å². The number of benzene rings is 1. The van der Waals surface area contributed by atoms with Gasteiger partial charge in [-0.05, 0) is 24.1 Å². The van der Waals surface area contributed by atoms with Gasteiger partial charge in [-0.1, -0.05) is 17.7 Å². The number of hydrogen-bond acceptors (Lipinski definition) is 2. The van der Waals surface area contributed by atoms with Crippen molar-refractivity contribution < 1.29 is 9.47 Å². The van der Waals surface area contributed by atoms with Crippen molar-refractivity contribution in [3.05, 3.63) is 28.8 Å². The summed E-state index contributed by atoms with van der Waals surface area (Å²) in [6, 6.07) is 5.60. The topological polar surface area (TPSA) is 18.5 Å². The standard InChI is InChI=1S/C12H14Cl2O2/c1-15-9-2-3-10(11(13)6-9)12(14)8-4-5-16-7-8/h2-3,6,8,12H,4-5,7H2,1H3. The fourth-order valence-electron chi connectivity index (χ4n) is 1.90. The summed E-state index contributed by atoms with van der Waals surface area (Å²) in [7, 11) is 1.62. The average Bonchev–Trinajstić information content (AvgIpc) is 2.81. The van der Waals surface area contributed by atoms with E-state index in [-0.39, 0.29) is 5.38 Å². The van der Waals surface area contributed by atoms with E-state index >= 15 is 0 Å². The maximum absolute atomic E-state index is 6.41. The van der Waals surface area contributed by atoms with Gasteiger partial charge < -0.3 is 9.47 Å². The van der Waals surface area contributed by atoms with Crippen LogP contribution in [-0.4, -0.2) is 20.3 Å². The number of hydrogen-bond donors (Lipinski definition) is 0. The third kappa shape index (κ3) is 2.45. The molecule has 0 N–H and O–H groups in total. The fourth-order valence-corrected chi connectivity index (χ4v) is 2.63. The van der Waals surface area contributed by atoms with Gasteiger partial charge in [-0.2, -0.15) is 0 Å². The van der Waals surface area contributed by atoms with E-state index in [9.17, 15) is 0 Å². The maximum Gasteiger partial charge on any atom is 0.120 e. The van der Waals surface area contributed by atoms with Crippen LogP contribution in [-0.2, 0) is 4.74 Å². The molecule has 2 nitrogen and oxygen atoms in total. The minimum Gasteiger partial charge on any atom is -0.497 e. The van der Waals surface area contributed by atoms with Gasteiger partial charge in [0.05, 0.1) is 19.1 Å². The Bertz CT molecular complexity index is 362. The Morgan fingerprint density at radius 2 is 2.31 bits per heavy atom. The van der Waals surface area contributed by atoms with Crippen LogP contribution in [0.3, 0.4) is 0 Å². The highest BCUT2D eigenvalue weighted by molar-refractivity contribution is 6.33. The van der Waals surface area contributed by atoms with Gasteiger partial charge in [0, 0.05) is 17.5 Å². The van der Waals surface area contributed by atoms with E-state index in [4.69, 9.17) is 32.7 Å². The van der Waals surface area contributed by atoms with Crippen LogP contribution in [0.2, 0.25) is 5.02 Å². The molecule has 16 heavy (non-hydrogen) atoms. The van der Waals surface area contributed by atoms with Gasteiger partial charge >= 0.3 is 0 Å². The third-order valence-electron chi connectivity index (χ3n) is 2.88. The second-order valence-corrected chi connectivity index (χ2v) is 4.79. The molecule has 2 unspecified atom stereocenters. The fraction of sp³-hybridized carbons (Fsp3) is 0.500. The van der Waals surface area contributed by atoms with Gasteiger partial charge in [0.15, 0.2) is 0 Å². The molecule has 1 aliphatic rings. The predicted molar refractivity (Wildman–Crippen MR) is 65.5 cm³/mol. The van der Waals surface area contributed by atoms with Gasteiger partial charge in [-0.3, -0.25) is 0 Å². The second-order valence-electron chi connectivity index (χ2n) is 3.91. The zero-order chi connectivity index (χ0) is 11.5. The molecular weight excluding hydrogens is 247 g/mol. The van der Waals surface area contributed by atoms with Crippen molar-refractivity contribution in [1.29, 1.82) is 0 Å². The molecule has 1 fully saturated rings. The summed E-state index contributed by atoms with van der Waals surface area (Å²) in [5.74, 6) is 1.10. The SMILES string of the molecule is COc1ccc(C(Cl)C2CCOC2)c(Cl)c1. The van der Waals surface area contributed by atoms with Crippen molar-refractivity contribution in [3.8, 4) is 5.75 Å². The predicted octanol–water partition coefficient (Wildman–Crippen LogP) is 3.67. The van der Waals surface area contributed by atoms with Crippen molar-refractivity contribution >= 4 is 23.2 Å². The van der Waals surface area contributed by atoms with E-state index in [0.29, 0.717) is 10.9 Å². The number of ether oxygens (including phenoxy) is 2. The lowest BCUT2D eigenvalue weighted by Crippen LogP contribution is -2.08. The lowest BCUT2D eigenvalue weighted by molar-refractivity contribution is 0.185. The molecule has 2 atom stereocenters. The normalized spacial score (nSPS) is 22.1. The Balaban J connectivity index is 2.19. The Morgan fingerprint density at radius 3 is 2.88 bits per heavy atom. The van der Waals surface area contributed by atoms with Crippen LogP contribution in [0.25, 0.3) is 0 Å². The van der Waals surface area contributed by atoms with Gasteiger partial charge in [0.1, 0.15) is 5.75 Å². The Hall–Kier alpha value is -0.440. The van der Waals surface area contributed by atoms with Crippen molar-refractivity contribution in [2.45, 2.75) is 11.8 Å². The van der Waals surface area contributed by atoms with Gasteiger partial charge in [0.2, 0.25) is 0 Å². The van der Waals surface area contributed by atoms with Gasteiger partial charge in [-0.25, -0.2) is 0 Å². The first-order chi connectivity index (χ1) is 7.72. The number of halogens is 2. The van der Waals surface area contributed by atoms with Crippen LogP contribution in [0.1, 0.15) is 17.4 Å². The smallest absolute Gasteiger partial charge is 0.120 e.